The standard InChI is InChI=1S/C18H20F3N7OS/c1-30(22,29)11-12-3-2-6-27(9-12)15-4-5-23-17(26-15)13-7-25-16-8-24-14(10-28(13)16)18(19,20)21/h4-5,7-8,10,12,22H,2-3,6,9,11H2,1H3. The molecule has 160 valence electrons. The van der Waals surface area contributed by atoms with E-state index >= 15 is 0 Å². The summed E-state index contributed by atoms with van der Waals surface area (Å²) in [6.45, 7) is 1.38. The van der Waals surface area contributed by atoms with E-state index < -0.39 is 21.6 Å². The summed E-state index contributed by atoms with van der Waals surface area (Å²) in [5.41, 5.74) is -0.433. The maximum absolute atomic E-state index is 13.0. The van der Waals surface area contributed by atoms with Gasteiger partial charge in [0.15, 0.2) is 17.2 Å². The van der Waals surface area contributed by atoms with Crippen LogP contribution in [0.2, 0.25) is 0 Å². The topological polar surface area (TPSA) is 100 Å². The smallest absolute Gasteiger partial charge is 0.356 e. The number of halogens is 3. The SMILES string of the molecule is CS(=N)(=O)CC1CCCN(c2ccnc(-c3cnc4cnc(C(F)(F)F)cn34)n2)C1. The normalized spacial score (nSPS) is 19.7. The Balaban J connectivity index is 1.65. The van der Waals surface area contributed by atoms with Crippen molar-refractivity contribution in [2.75, 3.05) is 30.0 Å². The first-order chi connectivity index (χ1) is 14.1. The molecule has 0 spiro atoms. The van der Waals surface area contributed by atoms with E-state index in [4.69, 9.17) is 4.78 Å². The minimum absolute atomic E-state index is 0.128. The first-order valence-electron chi connectivity index (χ1n) is 9.30. The molecule has 2 unspecified atom stereocenters. The molecule has 1 fully saturated rings. The van der Waals surface area contributed by atoms with E-state index in [0.29, 0.717) is 23.8 Å². The highest BCUT2D eigenvalue weighted by Crippen LogP contribution is 2.29. The average Bonchev–Trinajstić information content (AvgIpc) is 3.09. The van der Waals surface area contributed by atoms with Crippen LogP contribution in [0.1, 0.15) is 18.5 Å². The van der Waals surface area contributed by atoms with Crippen molar-refractivity contribution >= 4 is 21.2 Å². The molecule has 4 rings (SSSR count). The van der Waals surface area contributed by atoms with Gasteiger partial charge < -0.3 is 4.90 Å². The van der Waals surface area contributed by atoms with Crippen LogP contribution in [0.4, 0.5) is 19.0 Å². The largest absolute Gasteiger partial charge is 0.434 e. The number of hydrogen-bond donors (Lipinski definition) is 1. The molecule has 30 heavy (non-hydrogen) atoms. The summed E-state index contributed by atoms with van der Waals surface area (Å²) in [6.07, 6.45) is 3.59. The van der Waals surface area contributed by atoms with E-state index in [1.54, 1.807) is 12.3 Å². The molecule has 3 aromatic rings. The Hall–Kier alpha value is -2.76. The molecule has 1 aliphatic heterocycles. The van der Waals surface area contributed by atoms with Gasteiger partial charge in [0.2, 0.25) is 0 Å². The predicted octanol–water partition coefficient (Wildman–Crippen LogP) is 3.10. The number of nitrogens with one attached hydrogen (secondary N) is 1. The molecule has 1 saturated heterocycles. The minimum Gasteiger partial charge on any atom is -0.356 e. The van der Waals surface area contributed by atoms with Gasteiger partial charge in [-0.2, -0.15) is 13.2 Å². The number of piperidine rings is 1. The van der Waals surface area contributed by atoms with Crippen LogP contribution in [-0.4, -0.2) is 53.6 Å². The zero-order chi connectivity index (χ0) is 21.5. The van der Waals surface area contributed by atoms with Crippen molar-refractivity contribution < 1.29 is 17.4 Å². The molecule has 1 N–H and O–H groups in total. The highest BCUT2D eigenvalue weighted by atomic mass is 32.2. The van der Waals surface area contributed by atoms with Crippen LogP contribution in [0, 0.1) is 10.7 Å². The highest BCUT2D eigenvalue weighted by molar-refractivity contribution is 7.91. The number of hydrogen-bond acceptors (Lipinski definition) is 7. The summed E-state index contributed by atoms with van der Waals surface area (Å²) in [6, 6.07) is 1.74. The lowest BCUT2D eigenvalue weighted by Gasteiger charge is -2.33. The number of imidazole rings is 1. The van der Waals surface area contributed by atoms with Crippen molar-refractivity contribution in [3.05, 3.63) is 36.5 Å². The zero-order valence-corrected chi connectivity index (χ0v) is 16.9. The van der Waals surface area contributed by atoms with E-state index in [1.807, 2.05) is 4.90 Å². The maximum Gasteiger partial charge on any atom is 0.434 e. The van der Waals surface area contributed by atoms with E-state index in [9.17, 15) is 17.4 Å². The van der Waals surface area contributed by atoms with Gasteiger partial charge in [0, 0.05) is 47.2 Å². The van der Waals surface area contributed by atoms with Crippen LogP contribution < -0.4 is 4.90 Å². The Morgan fingerprint density at radius 3 is 2.80 bits per heavy atom. The molecule has 0 saturated carbocycles. The number of anilines is 1. The van der Waals surface area contributed by atoms with Gasteiger partial charge in [-0.1, -0.05) is 0 Å². The Kier molecular flexibility index (Phi) is 5.12. The fourth-order valence-corrected chi connectivity index (χ4v) is 4.88. The maximum atomic E-state index is 13.0. The molecule has 0 bridgehead atoms. The fraction of sp³-hybridized carbons (Fsp3) is 0.444. The van der Waals surface area contributed by atoms with E-state index in [2.05, 4.69) is 19.9 Å². The molecular weight excluding hydrogens is 419 g/mol. The van der Waals surface area contributed by atoms with Gasteiger partial charge in [-0.3, -0.25) is 13.4 Å². The lowest BCUT2D eigenvalue weighted by molar-refractivity contribution is -0.141. The van der Waals surface area contributed by atoms with Crippen molar-refractivity contribution in [3.63, 3.8) is 0 Å². The Bertz CT molecular complexity index is 1180. The molecule has 0 radical (unpaired) electrons. The minimum atomic E-state index is -4.57. The van der Waals surface area contributed by atoms with Crippen molar-refractivity contribution in [3.8, 4) is 11.5 Å². The van der Waals surface area contributed by atoms with E-state index in [0.717, 1.165) is 31.8 Å². The summed E-state index contributed by atoms with van der Waals surface area (Å²) in [5.74, 6) is 1.35. The van der Waals surface area contributed by atoms with Crippen molar-refractivity contribution in [2.45, 2.75) is 19.0 Å². The van der Waals surface area contributed by atoms with Crippen molar-refractivity contribution in [2.24, 2.45) is 5.92 Å². The second-order valence-electron chi connectivity index (χ2n) is 7.51. The second-order valence-corrected chi connectivity index (χ2v) is 9.85. The van der Waals surface area contributed by atoms with Gasteiger partial charge in [-0.25, -0.2) is 19.9 Å². The van der Waals surface area contributed by atoms with Gasteiger partial charge in [0.25, 0.3) is 0 Å². The summed E-state index contributed by atoms with van der Waals surface area (Å²) in [4.78, 5) is 18.3. The average molecular weight is 439 g/mol. The lowest BCUT2D eigenvalue weighted by atomic mass is 10.0. The Morgan fingerprint density at radius 1 is 1.27 bits per heavy atom. The summed E-state index contributed by atoms with van der Waals surface area (Å²) in [7, 11) is -2.58. The number of nitrogens with zero attached hydrogens (tertiary/aromatic N) is 6. The fourth-order valence-electron chi connectivity index (χ4n) is 3.71. The molecule has 0 amide bonds. The zero-order valence-electron chi connectivity index (χ0n) is 16.1. The monoisotopic (exact) mass is 439 g/mol. The van der Waals surface area contributed by atoms with Crippen LogP contribution in [-0.2, 0) is 15.9 Å². The molecular formula is C18H20F3N7OS. The van der Waals surface area contributed by atoms with E-state index in [1.165, 1.54) is 16.9 Å². The third kappa shape index (κ3) is 4.37. The molecule has 4 heterocycles. The number of aromatic nitrogens is 5. The van der Waals surface area contributed by atoms with Crippen LogP contribution in [0.25, 0.3) is 17.2 Å². The third-order valence-corrected chi connectivity index (χ3v) is 6.06. The number of fused-ring (bicyclic) bond motifs is 1. The molecule has 8 nitrogen and oxygen atoms in total. The molecule has 0 aromatic carbocycles. The van der Waals surface area contributed by atoms with Crippen molar-refractivity contribution in [1.82, 2.24) is 24.3 Å². The first kappa shape index (κ1) is 20.5. The molecule has 12 heteroatoms. The number of alkyl halides is 3. The second kappa shape index (κ2) is 7.49. The van der Waals surface area contributed by atoms with Crippen molar-refractivity contribution in [1.29, 1.82) is 4.78 Å². The molecule has 2 atom stereocenters. The van der Waals surface area contributed by atoms with Gasteiger partial charge >= 0.3 is 6.18 Å². The lowest BCUT2D eigenvalue weighted by Crippen LogP contribution is -2.38. The van der Waals surface area contributed by atoms with Crippen LogP contribution >= 0.6 is 0 Å². The van der Waals surface area contributed by atoms with E-state index in [-0.39, 0.29) is 17.4 Å². The third-order valence-electron chi connectivity index (χ3n) is 4.95. The highest BCUT2D eigenvalue weighted by Gasteiger charge is 2.33. The van der Waals surface area contributed by atoms with Gasteiger partial charge in [-0.15, -0.1) is 0 Å². The van der Waals surface area contributed by atoms with Gasteiger partial charge in [0.1, 0.15) is 11.5 Å². The Labute approximate surface area is 171 Å². The quantitative estimate of drug-likeness (QED) is 0.671. The Morgan fingerprint density at radius 2 is 2.07 bits per heavy atom. The number of rotatable bonds is 4. The van der Waals surface area contributed by atoms with Gasteiger partial charge in [-0.05, 0) is 24.8 Å². The summed E-state index contributed by atoms with van der Waals surface area (Å²) >= 11 is 0. The van der Waals surface area contributed by atoms with Gasteiger partial charge in [0.05, 0.1) is 12.4 Å². The molecule has 1 aliphatic rings. The van der Waals surface area contributed by atoms with Crippen LogP contribution in [0.3, 0.4) is 0 Å². The van der Waals surface area contributed by atoms with Crippen LogP contribution in [0.5, 0.6) is 0 Å². The first-order valence-corrected chi connectivity index (χ1v) is 11.4. The molecule has 3 aromatic heterocycles. The summed E-state index contributed by atoms with van der Waals surface area (Å²) in [5, 5.41) is 0. The molecule has 0 aliphatic carbocycles. The van der Waals surface area contributed by atoms with Crippen LogP contribution in [0.15, 0.2) is 30.9 Å². The summed E-state index contributed by atoms with van der Waals surface area (Å²) < 4.78 is 60.0. The predicted molar refractivity (Wildman–Crippen MR) is 106 cm³/mol.